The zero-order valence-corrected chi connectivity index (χ0v) is 15.2. The van der Waals surface area contributed by atoms with Crippen molar-refractivity contribution in [1.82, 2.24) is 0 Å². The number of rotatable bonds is 1. The third-order valence-electron chi connectivity index (χ3n) is 8.33. The maximum absolute atomic E-state index is 12.3. The molecule has 3 nitrogen and oxygen atoms in total. The Morgan fingerprint density at radius 2 is 2.00 bits per heavy atom. The molecule has 7 atom stereocenters. The lowest BCUT2D eigenvalue weighted by atomic mass is 9.47. The number of ketones is 2. The van der Waals surface area contributed by atoms with Crippen molar-refractivity contribution < 1.29 is 14.7 Å². The van der Waals surface area contributed by atoms with Gasteiger partial charge < -0.3 is 5.11 Å². The van der Waals surface area contributed by atoms with Gasteiger partial charge in [0.2, 0.25) is 0 Å². The summed E-state index contributed by atoms with van der Waals surface area (Å²) in [5.74, 6) is 3.01. The highest BCUT2D eigenvalue weighted by atomic mass is 16.3. The Balaban J connectivity index is 1.70. The first kappa shape index (κ1) is 16.5. The van der Waals surface area contributed by atoms with Crippen LogP contribution < -0.4 is 0 Å². The summed E-state index contributed by atoms with van der Waals surface area (Å²) in [5, 5.41) is 11.2. The largest absolute Gasteiger partial charge is 0.382 e. The maximum atomic E-state index is 12.3. The Labute approximate surface area is 144 Å². The third-order valence-corrected chi connectivity index (χ3v) is 8.33. The molecule has 3 fully saturated rings. The van der Waals surface area contributed by atoms with Crippen molar-refractivity contribution in [1.29, 1.82) is 0 Å². The predicted molar refractivity (Wildman–Crippen MR) is 92.3 cm³/mol. The summed E-state index contributed by atoms with van der Waals surface area (Å²) in [4.78, 5) is 24.1. The van der Waals surface area contributed by atoms with Crippen molar-refractivity contribution in [2.45, 2.75) is 71.3 Å². The molecule has 0 amide bonds. The quantitative estimate of drug-likeness (QED) is 0.797. The van der Waals surface area contributed by atoms with Gasteiger partial charge in [-0.3, -0.25) is 9.59 Å². The van der Waals surface area contributed by atoms with E-state index < -0.39 is 5.60 Å². The van der Waals surface area contributed by atoms with E-state index >= 15 is 0 Å². The van der Waals surface area contributed by atoms with Gasteiger partial charge in [0.25, 0.3) is 0 Å². The van der Waals surface area contributed by atoms with Crippen LogP contribution in [0.3, 0.4) is 0 Å². The van der Waals surface area contributed by atoms with Crippen molar-refractivity contribution in [2.24, 2.45) is 35.0 Å². The van der Waals surface area contributed by atoms with Gasteiger partial charge in [-0.1, -0.05) is 19.4 Å². The van der Waals surface area contributed by atoms with E-state index in [2.05, 4.69) is 13.8 Å². The van der Waals surface area contributed by atoms with Crippen molar-refractivity contribution in [3.8, 4) is 0 Å². The molecule has 0 spiro atoms. The predicted octanol–water partition coefficient (Wildman–Crippen LogP) is 3.69. The molecule has 0 radical (unpaired) electrons. The van der Waals surface area contributed by atoms with E-state index in [4.69, 9.17) is 0 Å². The van der Waals surface area contributed by atoms with Crippen LogP contribution in [-0.4, -0.2) is 22.3 Å². The number of hydrogen-bond donors (Lipinski definition) is 1. The van der Waals surface area contributed by atoms with Crippen LogP contribution in [-0.2, 0) is 9.59 Å². The molecule has 0 saturated heterocycles. The summed E-state index contributed by atoms with van der Waals surface area (Å²) in [6, 6.07) is 0. The Kier molecular flexibility index (Phi) is 3.62. The number of aliphatic hydroxyl groups is 1. The second kappa shape index (κ2) is 5.27. The van der Waals surface area contributed by atoms with Gasteiger partial charge in [0.05, 0.1) is 0 Å². The number of hydrogen-bond acceptors (Lipinski definition) is 3. The van der Waals surface area contributed by atoms with Crippen molar-refractivity contribution in [3.63, 3.8) is 0 Å². The normalized spacial score (nSPS) is 50.6. The van der Waals surface area contributed by atoms with Gasteiger partial charge in [-0.05, 0) is 81.1 Å². The van der Waals surface area contributed by atoms with E-state index in [0.717, 1.165) is 32.1 Å². The van der Waals surface area contributed by atoms with Gasteiger partial charge in [-0.2, -0.15) is 0 Å². The molecule has 0 aromatic carbocycles. The number of carbonyl (C=O) groups is 2. The van der Waals surface area contributed by atoms with E-state index in [9.17, 15) is 14.7 Å². The fraction of sp³-hybridized carbons (Fsp3) is 0.810. The lowest BCUT2D eigenvalue weighted by molar-refractivity contribution is -0.163. The molecule has 4 aliphatic rings. The van der Waals surface area contributed by atoms with E-state index in [1.54, 1.807) is 6.92 Å². The Hall–Kier alpha value is -0.960. The molecule has 0 aromatic heterocycles. The molecular weight excluding hydrogens is 300 g/mol. The fourth-order valence-corrected chi connectivity index (χ4v) is 7.34. The van der Waals surface area contributed by atoms with Gasteiger partial charge in [-0.25, -0.2) is 0 Å². The first-order chi connectivity index (χ1) is 11.3. The first-order valence-electron chi connectivity index (χ1n) is 9.74. The summed E-state index contributed by atoms with van der Waals surface area (Å²) in [7, 11) is 0. The van der Waals surface area contributed by atoms with Gasteiger partial charge in [0.15, 0.2) is 11.6 Å². The van der Waals surface area contributed by atoms with Crippen LogP contribution in [0, 0.1) is 35.0 Å². The molecule has 3 saturated carbocycles. The van der Waals surface area contributed by atoms with Crippen molar-refractivity contribution >= 4 is 11.6 Å². The highest BCUT2D eigenvalue weighted by Gasteiger charge is 2.65. The molecule has 4 rings (SSSR count). The summed E-state index contributed by atoms with van der Waals surface area (Å²) in [6.45, 7) is 6.06. The number of Topliss-reactive ketones (excluding diaryl/α,β-unsaturated/α-hetero) is 1. The van der Waals surface area contributed by atoms with Gasteiger partial charge >= 0.3 is 0 Å². The standard InChI is InChI=1S/C21H30O3/c1-12-11-20(3)18(8-9-21(20,24)13(2)22)17-6-4-14-10-15(23)5-7-16(14)19(12)17/h10,12,16-19,24H,4-9,11H2,1-3H3. The highest BCUT2D eigenvalue weighted by Crippen LogP contribution is 2.66. The number of allylic oxidation sites excluding steroid dienone is 1. The smallest absolute Gasteiger partial charge is 0.161 e. The van der Waals surface area contributed by atoms with Crippen LogP contribution in [0.5, 0.6) is 0 Å². The van der Waals surface area contributed by atoms with Gasteiger partial charge in [-0.15, -0.1) is 0 Å². The molecule has 132 valence electrons. The summed E-state index contributed by atoms with van der Waals surface area (Å²) >= 11 is 0. The van der Waals surface area contributed by atoms with Crippen LogP contribution in [0.1, 0.15) is 65.7 Å². The summed E-state index contributed by atoms with van der Waals surface area (Å²) < 4.78 is 0. The van der Waals surface area contributed by atoms with Gasteiger partial charge in [0.1, 0.15) is 5.60 Å². The average Bonchev–Trinajstić information content (AvgIpc) is 2.79. The lowest BCUT2D eigenvalue weighted by Crippen LogP contribution is -2.57. The summed E-state index contributed by atoms with van der Waals surface area (Å²) in [5.41, 5.74) is -0.0107. The topological polar surface area (TPSA) is 54.4 Å². The Morgan fingerprint density at radius 3 is 2.71 bits per heavy atom. The van der Waals surface area contributed by atoms with Crippen LogP contribution in [0.25, 0.3) is 0 Å². The molecule has 7 unspecified atom stereocenters. The molecule has 3 heteroatoms. The van der Waals surface area contributed by atoms with E-state index in [0.29, 0.717) is 48.2 Å². The second-order valence-corrected chi connectivity index (χ2v) is 9.27. The minimum Gasteiger partial charge on any atom is -0.382 e. The fourth-order valence-electron chi connectivity index (χ4n) is 7.34. The van der Waals surface area contributed by atoms with Crippen LogP contribution in [0.2, 0.25) is 0 Å². The zero-order chi connectivity index (χ0) is 17.3. The molecular formula is C21H30O3. The second-order valence-electron chi connectivity index (χ2n) is 9.27. The van der Waals surface area contributed by atoms with Gasteiger partial charge in [0, 0.05) is 11.8 Å². The molecule has 4 aliphatic carbocycles. The molecule has 0 heterocycles. The SMILES string of the molecule is CC(=O)C1(O)CCC2C3CCC4=CC(=O)CCC4C3C(C)CC21C. The summed E-state index contributed by atoms with van der Waals surface area (Å²) in [6.07, 6.45) is 8.35. The third kappa shape index (κ3) is 2.00. The molecule has 0 bridgehead atoms. The molecule has 0 aromatic rings. The molecule has 1 N–H and O–H groups in total. The van der Waals surface area contributed by atoms with Crippen LogP contribution in [0.15, 0.2) is 11.6 Å². The van der Waals surface area contributed by atoms with Crippen LogP contribution >= 0.6 is 0 Å². The highest BCUT2D eigenvalue weighted by molar-refractivity contribution is 5.91. The first-order valence-corrected chi connectivity index (χ1v) is 9.74. The van der Waals surface area contributed by atoms with E-state index in [1.165, 1.54) is 5.57 Å². The van der Waals surface area contributed by atoms with E-state index in [1.807, 2.05) is 6.08 Å². The maximum Gasteiger partial charge on any atom is 0.161 e. The van der Waals surface area contributed by atoms with Crippen LogP contribution in [0.4, 0.5) is 0 Å². The minimum absolute atomic E-state index is 0.0437. The monoisotopic (exact) mass is 330 g/mol. The van der Waals surface area contributed by atoms with E-state index in [-0.39, 0.29) is 11.2 Å². The Morgan fingerprint density at radius 1 is 1.25 bits per heavy atom. The number of carbonyl (C=O) groups excluding carboxylic acids is 2. The minimum atomic E-state index is -1.13. The lowest BCUT2D eigenvalue weighted by Gasteiger charge is -2.57. The molecule has 24 heavy (non-hydrogen) atoms. The zero-order valence-electron chi connectivity index (χ0n) is 15.2. The van der Waals surface area contributed by atoms with Crippen molar-refractivity contribution in [3.05, 3.63) is 11.6 Å². The number of fused-ring (bicyclic) bond motifs is 5. The average molecular weight is 330 g/mol. The Bertz CT molecular complexity index is 621. The van der Waals surface area contributed by atoms with Crippen molar-refractivity contribution in [2.75, 3.05) is 0 Å². The molecule has 0 aliphatic heterocycles.